The summed E-state index contributed by atoms with van der Waals surface area (Å²) in [5.74, 6) is -0.290. The van der Waals surface area contributed by atoms with Crippen LogP contribution in [0, 0.1) is 0 Å². The Balaban J connectivity index is 1.55. The van der Waals surface area contributed by atoms with E-state index in [4.69, 9.17) is 14.2 Å². The summed E-state index contributed by atoms with van der Waals surface area (Å²) < 4.78 is 40.8. The van der Waals surface area contributed by atoms with Crippen molar-refractivity contribution in [1.82, 2.24) is 5.32 Å². The molecule has 0 saturated carbocycles. The van der Waals surface area contributed by atoms with Crippen molar-refractivity contribution in [1.29, 1.82) is 0 Å². The average molecular weight is 419 g/mol. The molecule has 29 heavy (non-hydrogen) atoms. The van der Waals surface area contributed by atoms with Gasteiger partial charge in [-0.2, -0.15) is 0 Å². The van der Waals surface area contributed by atoms with Crippen LogP contribution in [0.15, 0.2) is 53.4 Å². The van der Waals surface area contributed by atoms with Crippen molar-refractivity contribution in [3.8, 4) is 5.75 Å². The molecule has 1 amide bonds. The maximum absolute atomic E-state index is 12.6. The highest BCUT2D eigenvalue weighted by atomic mass is 32.2. The Bertz CT molecular complexity index is 989. The molecule has 154 valence electrons. The zero-order valence-electron chi connectivity index (χ0n) is 15.8. The van der Waals surface area contributed by atoms with Gasteiger partial charge in [0, 0.05) is 19.0 Å². The number of hydrogen-bond donors (Lipinski definition) is 1. The number of carbonyl (C=O) groups excluding carboxylic acids is 2. The zero-order valence-corrected chi connectivity index (χ0v) is 16.6. The van der Waals surface area contributed by atoms with Gasteiger partial charge in [-0.3, -0.25) is 4.79 Å². The molecule has 1 atom stereocenters. The number of amides is 1. The molecule has 0 spiro atoms. The first kappa shape index (κ1) is 20.7. The number of hydrogen-bond acceptors (Lipinski definition) is 7. The van der Waals surface area contributed by atoms with Gasteiger partial charge in [-0.25, -0.2) is 13.2 Å². The first-order valence-electron chi connectivity index (χ1n) is 8.96. The summed E-state index contributed by atoms with van der Waals surface area (Å²) in [5.41, 5.74) is 1.34. The smallest absolute Gasteiger partial charge is 0.407 e. The van der Waals surface area contributed by atoms with E-state index in [1.165, 1.54) is 25.1 Å². The van der Waals surface area contributed by atoms with Crippen LogP contribution in [0.25, 0.3) is 0 Å². The van der Waals surface area contributed by atoms with E-state index in [0.29, 0.717) is 11.3 Å². The lowest BCUT2D eigenvalue weighted by Gasteiger charge is -2.11. The average Bonchev–Trinajstić information content (AvgIpc) is 3.08. The van der Waals surface area contributed by atoms with Crippen molar-refractivity contribution in [3.05, 3.63) is 59.7 Å². The number of sulfone groups is 1. The Kier molecular flexibility index (Phi) is 6.38. The molecule has 0 bridgehead atoms. The van der Waals surface area contributed by atoms with E-state index in [0.717, 1.165) is 5.56 Å². The van der Waals surface area contributed by atoms with E-state index < -0.39 is 28.0 Å². The second kappa shape index (κ2) is 8.95. The second-order valence-electron chi connectivity index (χ2n) is 6.42. The minimum atomic E-state index is -3.66. The molecule has 0 radical (unpaired) electrons. The topological polar surface area (TPSA) is 108 Å². The van der Waals surface area contributed by atoms with Gasteiger partial charge in [0.05, 0.1) is 10.6 Å². The lowest BCUT2D eigenvalue weighted by molar-refractivity contribution is -0.147. The predicted octanol–water partition coefficient (Wildman–Crippen LogP) is 2.38. The molecule has 0 aliphatic carbocycles. The molecule has 0 saturated heterocycles. The third kappa shape index (κ3) is 5.47. The van der Waals surface area contributed by atoms with Crippen LogP contribution in [0.2, 0.25) is 0 Å². The lowest BCUT2D eigenvalue weighted by atomic mass is 10.1. The number of carbonyl (C=O) groups is 2. The van der Waals surface area contributed by atoms with Gasteiger partial charge in [-0.1, -0.05) is 30.3 Å². The molecule has 2 aromatic carbocycles. The first-order valence-corrected chi connectivity index (χ1v) is 10.6. The standard InChI is InChI=1S/C20H21NO7S/c1-14(22)28-19-13-26-18-8-7-16(11-17(18)19)29(24,25)10-9-21-20(23)27-12-15-5-3-2-4-6-15/h2-8,11,19H,9-10,12-13H2,1H3,(H,21,23). The number of fused-ring (bicyclic) bond motifs is 1. The molecule has 0 fully saturated rings. The molecule has 1 N–H and O–H groups in total. The molecule has 2 aromatic rings. The van der Waals surface area contributed by atoms with Crippen molar-refractivity contribution in [2.45, 2.75) is 24.5 Å². The fourth-order valence-electron chi connectivity index (χ4n) is 2.84. The Labute approximate surface area is 168 Å². The van der Waals surface area contributed by atoms with E-state index >= 15 is 0 Å². The van der Waals surface area contributed by atoms with Crippen LogP contribution in [0.5, 0.6) is 5.75 Å². The monoisotopic (exact) mass is 419 g/mol. The van der Waals surface area contributed by atoms with Gasteiger partial charge in [0.2, 0.25) is 0 Å². The zero-order chi connectivity index (χ0) is 20.9. The number of rotatable bonds is 7. The van der Waals surface area contributed by atoms with Crippen LogP contribution < -0.4 is 10.1 Å². The van der Waals surface area contributed by atoms with Gasteiger partial charge < -0.3 is 19.5 Å². The van der Waals surface area contributed by atoms with Gasteiger partial charge in [0.25, 0.3) is 0 Å². The van der Waals surface area contributed by atoms with Crippen LogP contribution in [0.3, 0.4) is 0 Å². The molecule has 9 heteroatoms. The van der Waals surface area contributed by atoms with Crippen molar-refractivity contribution in [3.63, 3.8) is 0 Å². The summed E-state index contributed by atoms with van der Waals surface area (Å²) in [7, 11) is -3.66. The Morgan fingerprint density at radius 1 is 1.17 bits per heavy atom. The van der Waals surface area contributed by atoms with Crippen molar-refractivity contribution >= 4 is 21.9 Å². The van der Waals surface area contributed by atoms with Gasteiger partial charge in [0.1, 0.15) is 19.0 Å². The molecule has 1 aliphatic rings. The number of ether oxygens (including phenoxy) is 3. The van der Waals surface area contributed by atoms with Crippen LogP contribution >= 0.6 is 0 Å². The van der Waals surface area contributed by atoms with Gasteiger partial charge in [-0.05, 0) is 23.8 Å². The highest BCUT2D eigenvalue weighted by Gasteiger charge is 2.29. The van der Waals surface area contributed by atoms with Crippen molar-refractivity contribution in [2.24, 2.45) is 0 Å². The third-order valence-corrected chi connectivity index (χ3v) is 5.95. The maximum Gasteiger partial charge on any atom is 0.407 e. The molecule has 8 nitrogen and oxygen atoms in total. The summed E-state index contributed by atoms with van der Waals surface area (Å²) in [5, 5.41) is 2.43. The number of alkyl carbamates (subject to hydrolysis) is 1. The van der Waals surface area contributed by atoms with E-state index in [9.17, 15) is 18.0 Å². The van der Waals surface area contributed by atoms with E-state index in [1.807, 2.05) is 30.3 Å². The predicted molar refractivity (Wildman–Crippen MR) is 103 cm³/mol. The molecular weight excluding hydrogens is 398 g/mol. The Morgan fingerprint density at radius 3 is 2.66 bits per heavy atom. The molecule has 3 rings (SSSR count). The minimum Gasteiger partial charge on any atom is -0.489 e. The first-order chi connectivity index (χ1) is 13.8. The van der Waals surface area contributed by atoms with Gasteiger partial charge >= 0.3 is 12.1 Å². The number of nitrogens with one attached hydrogen (secondary N) is 1. The molecule has 0 aromatic heterocycles. The molecular formula is C20H21NO7S. The molecule has 1 heterocycles. The summed E-state index contributed by atoms with van der Waals surface area (Å²) in [6.07, 6.45) is -1.33. The highest BCUT2D eigenvalue weighted by molar-refractivity contribution is 7.91. The molecule has 1 unspecified atom stereocenters. The van der Waals surface area contributed by atoms with E-state index in [2.05, 4.69) is 5.32 Å². The minimum absolute atomic E-state index is 0.0679. The van der Waals surface area contributed by atoms with Crippen LogP contribution in [0.4, 0.5) is 4.79 Å². The summed E-state index contributed by atoms with van der Waals surface area (Å²) in [6.45, 7) is 1.42. The Morgan fingerprint density at radius 2 is 1.93 bits per heavy atom. The highest BCUT2D eigenvalue weighted by Crippen LogP contribution is 2.36. The van der Waals surface area contributed by atoms with Gasteiger partial charge in [0.15, 0.2) is 15.9 Å². The summed E-state index contributed by atoms with van der Waals surface area (Å²) in [4.78, 5) is 23.0. The van der Waals surface area contributed by atoms with Crippen molar-refractivity contribution in [2.75, 3.05) is 18.9 Å². The fourth-order valence-corrected chi connectivity index (χ4v) is 4.02. The summed E-state index contributed by atoms with van der Waals surface area (Å²) >= 11 is 0. The van der Waals surface area contributed by atoms with Crippen molar-refractivity contribution < 1.29 is 32.2 Å². The number of esters is 1. The van der Waals surface area contributed by atoms with Crippen LogP contribution in [0.1, 0.15) is 24.2 Å². The SMILES string of the molecule is CC(=O)OC1COc2ccc(S(=O)(=O)CCNC(=O)OCc3ccccc3)cc21. The number of benzene rings is 2. The Hall–Kier alpha value is -3.07. The second-order valence-corrected chi connectivity index (χ2v) is 8.53. The van der Waals surface area contributed by atoms with E-state index in [-0.39, 0.29) is 30.4 Å². The largest absolute Gasteiger partial charge is 0.489 e. The van der Waals surface area contributed by atoms with Gasteiger partial charge in [-0.15, -0.1) is 0 Å². The molecule has 1 aliphatic heterocycles. The lowest BCUT2D eigenvalue weighted by Crippen LogP contribution is -2.29. The third-order valence-electron chi connectivity index (χ3n) is 4.24. The van der Waals surface area contributed by atoms with E-state index in [1.54, 1.807) is 0 Å². The van der Waals surface area contributed by atoms with Crippen LogP contribution in [-0.2, 0) is 30.7 Å². The fraction of sp³-hybridized carbons (Fsp3) is 0.300. The normalized spacial score (nSPS) is 15.1. The quantitative estimate of drug-likeness (QED) is 0.687. The summed E-state index contributed by atoms with van der Waals surface area (Å²) in [6, 6.07) is 13.6. The maximum atomic E-state index is 12.6. The van der Waals surface area contributed by atoms with Crippen LogP contribution in [-0.4, -0.2) is 39.4 Å².